The van der Waals surface area contributed by atoms with Gasteiger partial charge >= 0.3 is 5.97 Å². The van der Waals surface area contributed by atoms with E-state index in [-0.39, 0.29) is 43.5 Å². The van der Waals surface area contributed by atoms with Crippen LogP contribution in [0.4, 0.5) is 0 Å². The molecule has 0 bridgehead atoms. The SMILES string of the molecule is CO[C@H]1/C=C/[C@@](C)(O)CCC(=O)O[C@H](C)[C@@H](C)CC/C=C/1CO. The lowest BCUT2D eigenvalue weighted by Crippen LogP contribution is -2.27. The predicted octanol–water partition coefficient (Wildman–Crippen LogP) is 2.37. The fourth-order valence-electron chi connectivity index (χ4n) is 2.51. The smallest absolute Gasteiger partial charge is 0.306 e. The molecule has 132 valence electrons. The molecule has 0 saturated carbocycles. The molecule has 0 aromatic rings. The molecule has 0 aromatic heterocycles. The van der Waals surface area contributed by atoms with Gasteiger partial charge in [-0.15, -0.1) is 0 Å². The summed E-state index contributed by atoms with van der Waals surface area (Å²) < 4.78 is 10.8. The summed E-state index contributed by atoms with van der Waals surface area (Å²) in [6.45, 7) is 5.48. The first-order valence-corrected chi connectivity index (χ1v) is 8.23. The first-order chi connectivity index (χ1) is 10.8. The summed E-state index contributed by atoms with van der Waals surface area (Å²) in [6, 6.07) is 0. The lowest BCUT2D eigenvalue weighted by Gasteiger charge is -2.24. The van der Waals surface area contributed by atoms with Gasteiger partial charge in [-0.1, -0.05) is 25.2 Å². The Kier molecular flexibility index (Phi) is 7.95. The largest absolute Gasteiger partial charge is 0.462 e. The van der Waals surface area contributed by atoms with Gasteiger partial charge in [-0.2, -0.15) is 0 Å². The molecule has 5 heteroatoms. The van der Waals surface area contributed by atoms with Crippen LogP contribution in [-0.4, -0.2) is 47.7 Å². The number of aliphatic hydroxyl groups excluding tert-OH is 1. The number of carbonyl (C=O) groups excluding carboxylic acids is 1. The molecule has 1 aliphatic heterocycles. The Labute approximate surface area is 139 Å². The maximum atomic E-state index is 11.9. The van der Waals surface area contributed by atoms with Gasteiger partial charge < -0.3 is 19.7 Å². The molecule has 0 radical (unpaired) electrons. The molecule has 0 aromatic carbocycles. The molecule has 4 atom stereocenters. The summed E-state index contributed by atoms with van der Waals surface area (Å²) in [6.07, 6.45) is 6.82. The third kappa shape index (κ3) is 6.85. The van der Waals surface area contributed by atoms with Crippen molar-refractivity contribution in [3.05, 3.63) is 23.8 Å². The Bertz CT molecular complexity index is 439. The Balaban J connectivity index is 3.00. The van der Waals surface area contributed by atoms with Crippen LogP contribution in [0, 0.1) is 5.92 Å². The van der Waals surface area contributed by atoms with Gasteiger partial charge in [0.25, 0.3) is 0 Å². The van der Waals surface area contributed by atoms with Crippen LogP contribution in [0.2, 0.25) is 0 Å². The van der Waals surface area contributed by atoms with Crippen molar-refractivity contribution < 1.29 is 24.5 Å². The lowest BCUT2D eigenvalue weighted by molar-refractivity contribution is -0.151. The number of allylic oxidation sites excluding steroid dienone is 1. The van der Waals surface area contributed by atoms with Gasteiger partial charge in [-0.25, -0.2) is 0 Å². The topological polar surface area (TPSA) is 76.0 Å². The Hall–Kier alpha value is -1.17. The minimum atomic E-state index is -1.13. The highest BCUT2D eigenvalue weighted by Crippen LogP contribution is 2.21. The summed E-state index contributed by atoms with van der Waals surface area (Å²) in [4.78, 5) is 11.9. The predicted molar refractivity (Wildman–Crippen MR) is 88.9 cm³/mol. The zero-order chi connectivity index (χ0) is 17.5. The standard InChI is InChI=1S/C18H30O5/c1-13-6-5-7-15(12-19)16(22-4)8-10-18(3,21)11-9-17(20)23-14(13)2/h7-8,10,13-14,16,19,21H,5-6,9,11-12H2,1-4H3/b10-8+,15-7+/t13-,14+,16-,18+/m0/s1. The van der Waals surface area contributed by atoms with Crippen LogP contribution < -0.4 is 0 Å². The summed E-state index contributed by atoms with van der Waals surface area (Å²) in [5, 5.41) is 19.9. The van der Waals surface area contributed by atoms with Crippen molar-refractivity contribution in [2.75, 3.05) is 13.7 Å². The molecule has 0 saturated heterocycles. The van der Waals surface area contributed by atoms with Crippen molar-refractivity contribution in [1.29, 1.82) is 0 Å². The molecule has 0 unspecified atom stereocenters. The Morgan fingerprint density at radius 3 is 2.74 bits per heavy atom. The first kappa shape index (κ1) is 19.9. The zero-order valence-electron chi connectivity index (χ0n) is 14.6. The van der Waals surface area contributed by atoms with Crippen LogP contribution in [0.25, 0.3) is 0 Å². The van der Waals surface area contributed by atoms with Gasteiger partial charge in [0.2, 0.25) is 0 Å². The van der Waals surface area contributed by atoms with Gasteiger partial charge in [0, 0.05) is 13.5 Å². The summed E-state index contributed by atoms with van der Waals surface area (Å²) in [5.74, 6) is -0.0694. The molecule has 2 N–H and O–H groups in total. The minimum Gasteiger partial charge on any atom is -0.462 e. The Morgan fingerprint density at radius 1 is 1.43 bits per heavy atom. The molecule has 0 spiro atoms. The van der Waals surface area contributed by atoms with E-state index in [0.717, 1.165) is 18.4 Å². The van der Waals surface area contributed by atoms with E-state index < -0.39 is 5.60 Å². The fraction of sp³-hybridized carbons (Fsp3) is 0.722. The molecule has 1 rings (SSSR count). The van der Waals surface area contributed by atoms with Crippen molar-refractivity contribution in [2.24, 2.45) is 5.92 Å². The minimum absolute atomic E-state index is 0.0933. The molecule has 5 nitrogen and oxygen atoms in total. The van der Waals surface area contributed by atoms with Crippen LogP contribution >= 0.6 is 0 Å². The number of rotatable bonds is 2. The Morgan fingerprint density at radius 2 is 2.13 bits per heavy atom. The highest BCUT2D eigenvalue weighted by atomic mass is 16.5. The van der Waals surface area contributed by atoms with Crippen molar-refractivity contribution in [3.8, 4) is 0 Å². The van der Waals surface area contributed by atoms with Gasteiger partial charge in [0.15, 0.2) is 0 Å². The molecule has 23 heavy (non-hydrogen) atoms. The van der Waals surface area contributed by atoms with Gasteiger partial charge in [-0.05, 0) is 44.6 Å². The average Bonchev–Trinajstić information content (AvgIpc) is 2.50. The fourth-order valence-corrected chi connectivity index (χ4v) is 2.51. The molecule has 0 aliphatic carbocycles. The molecule has 1 heterocycles. The highest BCUT2D eigenvalue weighted by Gasteiger charge is 2.23. The maximum absolute atomic E-state index is 11.9. The number of hydrogen-bond donors (Lipinski definition) is 2. The normalized spacial score (nSPS) is 38.1. The molecule has 0 fully saturated rings. The second-order valence-electron chi connectivity index (χ2n) is 6.56. The molecule has 1 aliphatic rings. The zero-order valence-corrected chi connectivity index (χ0v) is 14.6. The first-order valence-electron chi connectivity index (χ1n) is 8.23. The van der Waals surface area contributed by atoms with E-state index in [1.165, 1.54) is 0 Å². The lowest BCUT2D eigenvalue weighted by atomic mass is 9.95. The highest BCUT2D eigenvalue weighted by molar-refractivity contribution is 5.69. The second-order valence-corrected chi connectivity index (χ2v) is 6.56. The summed E-state index contributed by atoms with van der Waals surface area (Å²) in [7, 11) is 1.57. The van der Waals surface area contributed by atoms with E-state index in [1.807, 2.05) is 19.9 Å². The van der Waals surface area contributed by atoms with Crippen LogP contribution in [-0.2, 0) is 14.3 Å². The van der Waals surface area contributed by atoms with Crippen LogP contribution in [0.1, 0.15) is 46.5 Å². The molecular weight excluding hydrogens is 296 g/mol. The number of aliphatic hydroxyl groups is 2. The van der Waals surface area contributed by atoms with Crippen molar-refractivity contribution >= 4 is 5.97 Å². The molecule has 0 amide bonds. The van der Waals surface area contributed by atoms with E-state index in [2.05, 4.69) is 0 Å². The molecular formula is C18H30O5. The summed E-state index contributed by atoms with van der Waals surface area (Å²) in [5.41, 5.74) is -0.358. The van der Waals surface area contributed by atoms with E-state index in [9.17, 15) is 15.0 Å². The van der Waals surface area contributed by atoms with Gasteiger partial charge in [0.1, 0.15) is 6.10 Å². The van der Waals surface area contributed by atoms with Gasteiger partial charge in [-0.3, -0.25) is 4.79 Å². The number of hydrogen-bond acceptors (Lipinski definition) is 5. The second kappa shape index (κ2) is 9.21. The number of cyclic esters (lactones) is 1. The number of esters is 1. The average molecular weight is 326 g/mol. The number of ether oxygens (including phenoxy) is 2. The monoisotopic (exact) mass is 326 g/mol. The van der Waals surface area contributed by atoms with E-state index in [1.54, 1.807) is 26.2 Å². The summed E-state index contributed by atoms with van der Waals surface area (Å²) >= 11 is 0. The third-order valence-corrected chi connectivity index (χ3v) is 4.41. The maximum Gasteiger partial charge on any atom is 0.306 e. The van der Waals surface area contributed by atoms with E-state index in [4.69, 9.17) is 9.47 Å². The van der Waals surface area contributed by atoms with Crippen molar-refractivity contribution in [3.63, 3.8) is 0 Å². The van der Waals surface area contributed by atoms with Crippen molar-refractivity contribution in [2.45, 2.75) is 64.3 Å². The van der Waals surface area contributed by atoms with Crippen LogP contribution in [0.5, 0.6) is 0 Å². The van der Waals surface area contributed by atoms with E-state index in [0.29, 0.717) is 0 Å². The van der Waals surface area contributed by atoms with Crippen molar-refractivity contribution in [1.82, 2.24) is 0 Å². The quantitative estimate of drug-likeness (QED) is 0.602. The number of methoxy groups -OCH3 is 1. The van der Waals surface area contributed by atoms with Gasteiger partial charge in [0.05, 0.1) is 18.3 Å². The number of carbonyl (C=O) groups is 1. The van der Waals surface area contributed by atoms with E-state index >= 15 is 0 Å². The third-order valence-electron chi connectivity index (χ3n) is 4.41. The van der Waals surface area contributed by atoms with Crippen LogP contribution in [0.3, 0.4) is 0 Å². The van der Waals surface area contributed by atoms with Crippen LogP contribution in [0.15, 0.2) is 23.8 Å².